The van der Waals surface area contributed by atoms with Gasteiger partial charge in [-0.05, 0) is 17.7 Å². The number of hydrogen-bond donors (Lipinski definition) is 1. The van der Waals surface area contributed by atoms with Crippen molar-refractivity contribution in [1.82, 2.24) is 9.88 Å². The third kappa shape index (κ3) is 3.01. The second kappa shape index (κ2) is 5.86. The number of ether oxygens (including phenoxy) is 1. The summed E-state index contributed by atoms with van der Waals surface area (Å²) < 4.78 is 5.98. The van der Waals surface area contributed by atoms with E-state index in [0.29, 0.717) is 5.56 Å². The number of rotatable bonds is 3. The predicted molar refractivity (Wildman–Crippen MR) is 69.8 cm³/mol. The SMILES string of the molecule is COC(=O)N[C@H](C(=O)n1cccc1)c1ccccc1. The highest BCUT2D eigenvalue weighted by Crippen LogP contribution is 2.15. The quantitative estimate of drug-likeness (QED) is 0.918. The predicted octanol–water partition coefficient (Wildman–Crippen LogP) is 2.23. The first-order chi connectivity index (χ1) is 9.22. The maximum atomic E-state index is 12.4. The van der Waals surface area contributed by atoms with Gasteiger partial charge in [0.15, 0.2) is 0 Å². The summed E-state index contributed by atoms with van der Waals surface area (Å²) in [6, 6.07) is 11.7. The van der Waals surface area contributed by atoms with Gasteiger partial charge < -0.3 is 10.1 Å². The minimum absolute atomic E-state index is 0.249. The maximum absolute atomic E-state index is 12.4. The van der Waals surface area contributed by atoms with E-state index >= 15 is 0 Å². The van der Waals surface area contributed by atoms with E-state index in [4.69, 9.17) is 0 Å². The van der Waals surface area contributed by atoms with Crippen LogP contribution in [0, 0.1) is 0 Å². The monoisotopic (exact) mass is 258 g/mol. The molecule has 98 valence electrons. The van der Waals surface area contributed by atoms with E-state index in [-0.39, 0.29) is 5.91 Å². The first-order valence-electron chi connectivity index (χ1n) is 5.79. The van der Waals surface area contributed by atoms with Gasteiger partial charge >= 0.3 is 6.09 Å². The largest absolute Gasteiger partial charge is 0.453 e. The van der Waals surface area contributed by atoms with E-state index in [1.807, 2.05) is 18.2 Å². The van der Waals surface area contributed by atoms with Crippen LogP contribution in [0.1, 0.15) is 16.4 Å². The third-order valence-electron chi connectivity index (χ3n) is 2.69. The van der Waals surface area contributed by atoms with Crippen molar-refractivity contribution >= 4 is 12.0 Å². The highest BCUT2D eigenvalue weighted by atomic mass is 16.5. The lowest BCUT2D eigenvalue weighted by atomic mass is 10.1. The highest BCUT2D eigenvalue weighted by molar-refractivity contribution is 5.88. The first-order valence-corrected chi connectivity index (χ1v) is 5.79. The molecule has 1 N–H and O–H groups in total. The molecule has 0 saturated heterocycles. The summed E-state index contributed by atoms with van der Waals surface area (Å²) in [7, 11) is 1.26. The Hall–Kier alpha value is -2.56. The van der Waals surface area contributed by atoms with Crippen LogP contribution in [0.3, 0.4) is 0 Å². The zero-order valence-corrected chi connectivity index (χ0v) is 10.4. The second-order valence-electron chi connectivity index (χ2n) is 3.91. The standard InChI is InChI=1S/C14H14N2O3/c1-19-14(18)15-12(11-7-3-2-4-8-11)13(17)16-9-5-6-10-16/h2-10,12H,1H3,(H,15,18)/t12-/m0/s1. The average molecular weight is 258 g/mol. The van der Waals surface area contributed by atoms with Gasteiger partial charge in [-0.15, -0.1) is 0 Å². The molecule has 0 spiro atoms. The number of nitrogens with zero attached hydrogens (tertiary/aromatic N) is 1. The summed E-state index contributed by atoms with van der Waals surface area (Å²) in [6.07, 6.45) is 2.63. The van der Waals surface area contributed by atoms with Gasteiger partial charge in [-0.25, -0.2) is 4.79 Å². The van der Waals surface area contributed by atoms with Gasteiger partial charge in [-0.1, -0.05) is 30.3 Å². The number of aromatic nitrogens is 1. The molecular formula is C14H14N2O3. The minimum Gasteiger partial charge on any atom is -0.453 e. The minimum atomic E-state index is -0.777. The molecule has 0 saturated carbocycles. The summed E-state index contributed by atoms with van der Waals surface area (Å²) >= 11 is 0. The van der Waals surface area contributed by atoms with Gasteiger partial charge in [-0.2, -0.15) is 0 Å². The molecule has 0 bridgehead atoms. The maximum Gasteiger partial charge on any atom is 0.407 e. The van der Waals surface area contributed by atoms with Crippen LogP contribution < -0.4 is 5.32 Å². The van der Waals surface area contributed by atoms with Crippen LogP contribution in [-0.2, 0) is 4.74 Å². The Morgan fingerprint density at radius 1 is 1.11 bits per heavy atom. The van der Waals surface area contributed by atoms with Crippen LogP contribution in [0.25, 0.3) is 0 Å². The third-order valence-corrected chi connectivity index (χ3v) is 2.69. The van der Waals surface area contributed by atoms with E-state index in [9.17, 15) is 9.59 Å². The molecule has 0 unspecified atom stereocenters. The Bertz CT molecular complexity index is 549. The molecule has 0 aliphatic carbocycles. The first kappa shape index (κ1) is 12.9. The van der Waals surface area contributed by atoms with E-state index in [2.05, 4.69) is 10.1 Å². The Kier molecular flexibility index (Phi) is 3.97. The number of methoxy groups -OCH3 is 1. The summed E-state index contributed by atoms with van der Waals surface area (Å²) in [5.74, 6) is -0.249. The Morgan fingerprint density at radius 3 is 2.32 bits per heavy atom. The second-order valence-corrected chi connectivity index (χ2v) is 3.91. The molecule has 0 aliphatic rings. The molecule has 2 aromatic rings. The molecule has 1 amide bonds. The van der Waals surface area contributed by atoms with Crippen LogP contribution in [0.2, 0.25) is 0 Å². The molecule has 5 nitrogen and oxygen atoms in total. The summed E-state index contributed by atoms with van der Waals surface area (Å²) in [4.78, 5) is 23.7. The van der Waals surface area contributed by atoms with Crippen LogP contribution in [0.15, 0.2) is 54.9 Å². The van der Waals surface area contributed by atoms with E-state index < -0.39 is 12.1 Å². The number of nitrogens with one attached hydrogen (secondary N) is 1. The summed E-state index contributed by atoms with van der Waals surface area (Å²) in [6.45, 7) is 0. The van der Waals surface area contributed by atoms with E-state index in [1.165, 1.54) is 11.7 Å². The average Bonchev–Trinajstić information content (AvgIpc) is 2.99. The normalized spacial score (nSPS) is 11.6. The molecule has 5 heteroatoms. The highest BCUT2D eigenvalue weighted by Gasteiger charge is 2.23. The lowest BCUT2D eigenvalue weighted by Crippen LogP contribution is -2.35. The fourth-order valence-corrected chi connectivity index (χ4v) is 1.74. The number of benzene rings is 1. The smallest absolute Gasteiger partial charge is 0.407 e. The Labute approximate surface area is 110 Å². The van der Waals surface area contributed by atoms with Crippen LogP contribution in [0.5, 0.6) is 0 Å². The van der Waals surface area contributed by atoms with Gasteiger partial charge in [0.2, 0.25) is 0 Å². The van der Waals surface area contributed by atoms with Crippen molar-refractivity contribution in [1.29, 1.82) is 0 Å². The summed E-state index contributed by atoms with van der Waals surface area (Å²) in [5, 5.41) is 2.54. The molecule has 1 aromatic carbocycles. The van der Waals surface area contributed by atoms with Crippen LogP contribution >= 0.6 is 0 Å². The Balaban J connectivity index is 2.29. The van der Waals surface area contributed by atoms with E-state index in [1.54, 1.807) is 36.7 Å². The molecule has 1 heterocycles. The van der Waals surface area contributed by atoms with Gasteiger partial charge in [-0.3, -0.25) is 9.36 Å². The molecule has 2 rings (SSSR count). The number of carbonyl (C=O) groups is 2. The molecule has 19 heavy (non-hydrogen) atoms. The molecule has 1 atom stereocenters. The molecule has 0 fully saturated rings. The fraction of sp³-hybridized carbons (Fsp3) is 0.143. The zero-order chi connectivity index (χ0) is 13.7. The van der Waals surface area contributed by atoms with E-state index in [0.717, 1.165) is 0 Å². The number of alkyl carbamates (subject to hydrolysis) is 1. The van der Waals surface area contributed by atoms with Gasteiger partial charge in [0.25, 0.3) is 5.91 Å². The lowest BCUT2D eigenvalue weighted by molar-refractivity contribution is 0.0849. The van der Waals surface area contributed by atoms with Crippen molar-refractivity contribution in [3.63, 3.8) is 0 Å². The van der Waals surface area contributed by atoms with Crippen molar-refractivity contribution in [3.8, 4) is 0 Å². The molecule has 0 aliphatic heterocycles. The van der Waals surface area contributed by atoms with Crippen molar-refractivity contribution in [3.05, 3.63) is 60.4 Å². The van der Waals surface area contributed by atoms with Gasteiger partial charge in [0.1, 0.15) is 6.04 Å². The number of carbonyl (C=O) groups excluding carboxylic acids is 2. The van der Waals surface area contributed by atoms with Crippen molar-refractivity contribution in [2.24, 2.45) is 0 Å². The van der Waals surface area contributed by atoms with Gasteiger partial charge in [0, 0.05) is 12.4 Å². The van der Waals surface area contributed by atoms with Gasteiger partial charge in [0.05, 0.1) is 7.11 Å². The molecular weight excluding hydrogens is 244 g/mol. The zero-order valence-electron chi connectivity index (χ0n) is 10.4. The fourth-order valence-electron chi connectivity index (χ4n) is 1.74. The molecule has 0 radical (unpaired) electrons. The van der Waals surface area contributed by atoms with Crippen molar-refractivity contribution in [2.75, 3.05) is 7.11 Å². The van der Waals surface area contributed by atoms with Crippen molar-refractivity contribution in [2.45, 2.75) is 6.04 Å². The topological polar surface area (TPSA) is 60.3 Å². The van der Waals surface area contributed by atoms with Crippen LogP contribution in [-0.4, -0.2) is 23.7 Å². The molecule has 1 aromatic heterocycles. The summed E-state index contributed by atoms with van der Waals surface area (Å²) in [5.41, 5.74) is 0.701. The number of hydrogen-bond acceptors (Lipinski definition) is 3. The Morgan fingerprint density at radius 2 is 1.74 bits per heavy atom. The number of amides is 1. The van der Waals surface area contributed by atoms with Crippen molar-refractivity contribution < 1.29 is 14.3 Å². The van der Waals surface area contributed by atoms with Crippen LogP contribution in [0.4, 0.5) is 4.79 Å². The lowest BCUT2D eigenvalue weighted by Gasteiger charge is -2.17.